The van der Waals surface area contributed by atoms with E-state index in [4.69, 9.17) is 27.9 Å². The molecule has 0 aromatic heterocycles. The lowest BCUT2D eigenvalue weighted by atomic mass is 10.2. The highest BCUT2D eigenvalue weighted by atomic mass is 35.5. The maximum atomic E-state index is 11.5. The third kappa shape index (κ3) is 8.10. The van der Waals surface area contributed by atoms with Crippen molar-refractivity contribution < 1.29 is 14.3 Å². The molecular weight excluding hydrogens is 327 g/mol. The molecule has 0 heterocycles. The zero-order chi connectivity index (χ0) is 16.4. The SMILES string of the molecule is Cc1ccc(OCCCC(=O)NCCNC(=O)C(Cl)Cl)cc1. The summed E-state index contributed by atoms with van der Waals surface area (Å²) in [5.41, 5.74) is 1.17. The molecule has 1 aromatic carbocycles. The summed E-state index contributed by atoms with van der Waals surface area (Å²) in [5.74, 6) is 0.240. The Kier molecular flexibility index (Phi) is 8.70. The highest BCUT2D eigenvalue weighted by Crippen LogP contribution is 2.11. The molecule has 0 radical (unpaired) electrons. The lowest BCUT2D eigenvalue weighted by Gasteiger charge is -2.08. The first-order valence-electron chi connectivity index (χ1n) is 7.01. The summed E-state index contributed by atoms with van der Waals surface area (Å²) in [4.78, 5) is 21.5. The van der Waals surface area contributed by atoms with E-state index in [9.17, 15) is 9.59 Å². The van der Waals surface area contributed by atoms with E-state index in [1.807, 2.05) is 31.2 Å². The van der Waals surface area contributed by atoms with Crippen LogP contribution in [-0.4, -0.2) is 36.3 Å². The number of halogens is 2. The molecule has 122 valence electrons. The fourth-order valence-corrected chi connectivity index (χ4v) is 1.76. The predicted octanol–water partition coefficient (Wildman–Crippen LogP) is 2.19. The lowest BCUT2D eigenvalue weighted by Crippen LogP contribution is -2.36. The fourth-order valence-electron chi connectivity index (χ4n) is 1.61. The molecule has 2 N–H and O–H groups in total. The second-order valence-corrected chi connectivity index (χ2v) is 5.80. The van der Waals surface area contributed by atoms with Crippen molar-refractivity contribution in [3.63, 3.8) is 0 Å². The molecule has 2 amide bonds. The number of carbonyl (C=O) groups is 2. The first-order valence-corrected chi connectivity index (χ1v) is 7.88. The minimum absolute atomic E-state index is 0.0879. The Morgan fingerprint density at radius 1 is 1.14 bits per heavy atom. The van der Waals surface area contributed by atoms with Crippen molar-refractivity contribution in [3.8, 4) is 5.75 Å². The molecule has 1 aromatic rings. The molecule has 0 aliphatic heterocycles. The van der Waals surface area contributed by atoms with Crippen molar-refractivity contribution in [2.75, 3.05) is 19.7 Å². The maximum absolute atomic E-state index is 11.5. The van der Waals surface area contributed by atoms with E-state index in [1.54, 1.807) is 0 Å². The van der Waals surface area contributed by atoms with E-state index in [1.165, 1.54) is 5.56 Å². The topological polar surface area (TPSA) is 67.4 Å². The number of hydrogen-bond acceptors (Lipinski definition) is 3. The molecule has 0 spiro atoms. The van der Waals surface area contributed by atoms with Crippen molar-refractivity contribution >= 4 is 35.0 Å². The van der Waals surface area contributed by atoms with Gasteiger partial charge < -0.3 is 15.4 Å². The number of hydrogen-bond donors (Lipinski definition) is 2. The zero-order valence-electron chi connectivity index (χ0n) is 12.4. The third-order valence-electron chi connectivity index (χ3n) is 2.78. The number of nitrogens with one attached hydrogen (secondary N) is 2. The lowest BCUT2D eigenvalue weighted by molar-refractivity contribution is -0.122. The summed E-state index contributed by atoms with van der Waals surface area (Å²) < 4.78 is 5.53. The second-order valence-electron chi connectivity index (χ2n) is 4.71. The number of rotatable bonds is 9. The number of alkyl halides is 2. The average Bonchev–Trinajstić information content (AvgIpc) is 2.49. The molecular formula is C15H20Cl2N2O3. The molecule has 7 heteroatoms. The smallest absolute Gasteiger partial charge is 0.253 e. The van der Waals surface area contributed by atoms with Gasteiger partial charge in [-0.2, -0.15) is 0 Å². The van der Waals surface area contributed by atoms with Crippen molar-refractivity contribution in [1.82, 2.24) is 10.6 Å². The molecule has 0 atom stereocenters. The van der Waals surface area contributed by atoms with Gasteiger partial charge in [0, 0.05) is 19.5 Å². The van der Waals surface area contributed by atoms with Crippen molar-refractivity contribution in [2.45, 2.75) is 24.6 Å². The molecule has 0 aliphatic carbocycles. The summed E-state index contributed by atoms with van der Waals surface area (Å²) in [7, 11) is 0. The number of carbonyl (C=O) groups excluding carboxylic acids is 2. The van der Waals surface area contributed by atoms with Crippen LogP contribution in [0.5, 0.6) is 5.75 Å². The highest BCUT2D eigenvalue weighted by molar-refractivity contribution is 6.53. The monoisotopic (exact) mass is 346 g/mol. The van der Waals surface area contributed by atoms with Gasteiger partial charge in [0.2, 0.25) is 5.91 Å². The van der Waals surface area contributed by atoms with E-state index in [2.05, 4.69) is 10.6 Å². The van der Waals surface area contributed by atoms with Crippen LogP contribution in [0, 0.1) is 6.92 Å². The quantitative estimate of drug-likeness (QED) is 0.532. The van der Waals surface area contributed by atoms with E-state index in [0.29, 0.717) is 32.5 Å². The van der Waals surface area contributed by atoms with Crippen LogP contribution >= 0.6 is 23.2 Å². The second kappa shape index (κ2) is 10.3. The minimum atomic E-state index is -1.09. The summed E-state index contributed by atoms with van der Waals surface area (Å²) >= 11 is 10.7. The van der Waals surface area contributed by atoms with E-state index < -0.39 is 10.7 Å². The van der Waals surface area contributed by atoms with Gasteiger partial charge in [0.25, 0.3) is 5.91 Å². The molecule has 0 fully saturated rings. The summed E-state index contributed by atoms with van der Waals surface area (Å²) in [6.45, 7) is 3.12. The predicted molar refractivity (Wildman–Crippen MR) is 87.4 cm³/mol. The first kappa shape index (κ1) is 18.6. The van der Waals surface area contributed by atoms with Gasteiger partial charge in [-0.25, -0.2) is 0 Å². The Balaban J connectivity index is 2.04. The number of benzene rings is 1. The summed E-state index contributed by atoms with van der Waals surface area (Å²) in [6.07, 6.45) is 0.991. The normalized spacial score (nSPS) is 10.4. The van der Waals surface area contributed by atoms with Gasteiger partial charge in [0.05, 0.1) is 6.61 Å². The Morgan fingerprint density at radius 2 is 1.77 bits per heavy atom. The zero-order valence-corrected chi connectivity index (χ0v) is 13.9. The Bertz CT molecular complexity index is 478. The Morgan fingerprint density at radius 3 is 2.41 bits per heavy atom. The Hall–Kier alpha value is -1.46. The van der Waals surface area contributed by atoms with Gasteiger partial charge in [-0.1, -0.05) is 40.9 Å². The van der Waals surface area contributed by atoms with Crippen molar-refractivity contribution in [1.29, 1.82) is 0 Å². The molecule has 22 heavy (non-hydrogen) atoms. The first-order chi connectivity index (χ1) is 10.5. The van der Waals surface area contributed by atoms with Crippen LogP contribution in [0.1, 0.15) is 18.4 Å². The Labute approximate surface area is 140 Å². The van der Waals surface area contributed by atoms with Crippen molar-refractivity contribution in [3.05, 3.63) is 29.8 Å². The molecule has 0 aliphatic rings. The molecule has 0 bridgehead atoms. The molecule has 0 saturated heterocycles. The molecule has 1 rings (SSSR count). The number of ether oxygens (including phenoxy) is 1. The van der Waals surface area contributed by atoms with Crippen LogP contribution in [0.25, 0.3) is 0 Å². The molecule has 0 saturated carbocycles. The van der Waals surface area contributed by atoms with Gasteiger partial charge in [-0.3, -0.25) is 9.59 Å². The largest absolute Gasteiger partial charge is 0.494 e. The highest BCUT2D eigenvalue weighted by Gasteiger charge is 2.09. The fraction of sp³-hybridized carbons (Fsp3) is 0.467. The van der Waals surface area contributed by atoms with Crippen LogP contribution in [0.2, 0.25) is 0 Å². The van der Waals surface area contributed by atoms with E-state index >= 15 is 0 Å². The van der Waals surface area contributed by atoms with Gasteiger partial charge in [0.15, 0.2) is 4.84 Å². The number of amides is 2. The van der Waals surface area contributed by atoms with Crippen LogP contribution in [0.15, 0.2) is 24.3 Å². The van der Waals surface area contributed by atoms with Gasteiger partial charge >= 0.3 is 0 Å². The van der Waals surface area contributed by atoms with Gasteiger partial charge in [-0.15, -0.1) is 0 Å². The standard InChI is InChI=1S/C15H20Cl2N2O3/c1-11-4-6-12(7-5-11)22-10-2-3-13(20)18-8-9-19-15(21)14(16)17/h4-7,14H,2-3,8-10H2,1H3,(H,18,20)(H,19,21). The van der Waals surface area contributed by atoms with Crippen LogP contribution in [0.3, 0.4) is 0 Å². The third-order valence-corrected chi connectivity index (χ3v) is 3.18. The maximum Gasteiger partial charge on any atom is 0.253 e. The van der Waals surface area contributed by atoms with E-state index in [0.717, 1.165) is 5.75 Å². The van der Waals surface area contributed by atoms with Crippen LogP contribution in [0.4, 0.5) is 0 Å². The van der Waals surface area contributed by atoms with Crippen LogP contribution in [-0.2, 0) is 9.59 Å². The minimum Gasteiger partial charge on any atom is -0.494 e. The van der Waals surface area contributed by atoms with E-state index in [-0.39, 0.29) is 5.91 Å². The summed E-state index contributed by atoms with van der Waals surface area (Å²) in [5, 5.41) is 5.18. The molecule has 5 nitrogen and oxygen atoms in total. The van der Waals surface area contributed by atoms with Crippen LogP contribution < -0.4 is 15.4 Å². The average molecular weight is 347 g/mol. The van der Waals surface area contributed by atoms with Crippen molar-refractivity contribution in [2.24, 2.45) is 0 Å². The van der Waals surface area contributed by atoms with Gasteiger partial charge in [-0.05, 0) is 25.5 Å². The number of aryl methyl sites for hydroxylation is 1. The molecule has 0 unspecified atom stereocenters. The summed E-state index contributed by atoms with van der Waals surface area (Å²) in [6, 6.07) is 7.75. The van der Waals surface area contributed by atoms with Gasteiger partial charge in [0.1, 0.15) is 5.75 Å².